The van der Waals surface area contributed by atoms with Crippen molar-refractivity contribution in [1.29, 1.82) is 0 Å². The van der Waals surface area contributed by atoms with E-state index < -0.39 is 79.9 Å². The van der Waals surface area contributed by atoms with Gasteiger partial charge in [-0.25, -0.2) is 51.6 Å². The number of thioether (sulfide) groups is 2. The molecule has 0 bridgehead atoms. The average Bonchev–Trinajstić information content (AvgIpc) is 1.58. The molecule has 4 fully saturated rings. The molecular formula is C107H128Cl2F2N12O17P2S6. The zero-order valence-corrected chi connectivity index (χ0v) is 92.4. The van der Waals surface area contributed by atoms with Crippen LogP contribution in [0.25, 0.3) is 44.8 Å². The maximum atomic E-state index is 15.8. The lowest BCUT2D eigenvalue weighted by atomic mass is 9.99. The summed E-state index contributed by atoms with van der Waals surface area (Å²) < 4.78 is 187. The molecule has 0 saturated carbocycles. The van der Waals surface area contributed by atoms with Crippen LogP contribution in [-0.4, -0.2) is 219 Å². The van der Waals surface area contributed by atoms with E-state index in [1.54, 1.807) is 116 Å². The highest BCUT2D eigenvalue weighted by molar-refractivity contribution is 7.99. The number of sulfone groups is 2. The van der Waals surface area contributed by atoms with Crippen LogP contribution in [0.15, 0.2) is 260 Å². The summed E-state index contributed by atoms with van der Waals surface area (Å²) in [5, 5.41) is 8.45. The van der Waals surface area contributed by atoms with Crippen LogP contribution in [0.2, 0.25) is 10.0 Å². The second-order valence-corrected chi connectivity index (χ2v) is 51.2. The average molecular weight is 2220 g/mol. The van der Waals surface area contributed by atoms with Gasteiger partial charge in [-0.1, -0.05) is 83.9 Å². The van der Waals surface area contributed by atoms with E-state index in [2.05, 4.69) is 78.3 Å². The number of nitrogens with zero attached hydrogens (tertiary/aromatic N) is 8. The zero-order chi connectivity index (χ0) is 106. The first-order chi connectivity index (χ1) is 70.2. The monoisotopic (exact) mass is 2210 g/mol. The largest absolute Gasteiger partial charge is 0.471 e. The van der Waals surface area contributed by atoms with Crippen molar-refractivity contribution >= 4 is 148 Å². The topological polar surface area (TPSA) is 357 Å². The quantitative estimate of drug-likeness (QED) is 0.0100. The molecule has 0 radical (unpaired) electrons. The van der Waals surface area contributed by atoms with Gasteiger partial charge in [-0.15, -0.1) is 23.5 Å². The van der Waals surface area contributed by atoms with Gasteiger partial charge in [0.2, 0.25) is 0 Å². The summed E-state index contributed by atoms with van der Waals surface area (Å²) in [4.78, 5) is 52.5. The van der Waals surface area contributed by atoms with Crippen molar-refractivity contribution in [2.75, 3.05) is 162 Å². The van der Waals surface area contributed by atoms with Gasteiger partial charge >= 0.3 is 15.6 Å². The first-order valence-electron chi connectivity index (χ1n) is 49.1. The molecule has 0 aliphatic carbocycles. The normalized spacial score (nSPS) is 15.7. The van der Waals surface area contributed by atoms with Gasteiger partial charge in [0.1, 0.15) is 11.6 Å². The second kappa shape index (κ2) is 48.9. The van der Waals surface area contributed by atoms with Crippen molar-refractivity contribution in [2.24, 2.45) is 0 Å². The maximum Gasteiger partial charge on any atom is 0.471 e. The minimum Gasteiger partial charge on any atom is -0.381 e. The number of aryl methyl sites for hydroxylation is 2. The van der Waals surface area contributed by atoms with Crippen molar-refractivity contribution in [3.63, 3.8) is 0 Å². The smallest absolute Gasteiger partial charge is 0.381 e. The maximum absolute atomic E-state index is 15.8. The van der Waals surface area contributed by atoms with Gasteiger partial charge in [-0.05, 0) is 297 Å². The Morgan fingerprint density at radius 1 is 0.419 bits per heavy atom. The fourth-order valence-electron chi connectivity index (χ4n) is 19.8. The third-order valence-electron chi connectivity index (χ3n) is 27.0. The molecule has 0 unspecified atom stereocenters. The number of hydrogen-bond acceptors (Lipinski definition) is 23. The number of nitrogens with one attached hydrogen (secondary N) is 4. The van der Waals surface area contributed by atoms with Crippen LogP contribution in [0.1, 0.15) is 101 Å². The lowest BCUT2D eigenvalue weighted by Crippen LogP contribution is -2.46. The van der Waals surface area contributed by atoms with Crippen LogP contribution >= 0.6 is 62.4 Å². The molecule has 4 aliphatic rings. The summed E-state index contributed by atoms with van der Waals surface area (Å²) in [6.45, 7) is 24.0. The number of piperidine rings is 2. The molecule has 0 amide bonds. The molecule has 2 aromatic heterocycles. The molecular weight excluding hydrogens is 2090 g/mol. The number of phosphoric ester groups is 2. The highest BCUT2D eigenvalue weighted by Gasteiger charge is 2.36. The van der Waals surface area contributed by atoms with Gasteiger partial charge in [0.15, 0.2) is 26.5 Å². The van der Waals surface area contributed by atoms with E-state index in [-0.39, 0.29) is 49.9 Å². The third-order valence-corrected chi connectivity index (χ3v) is 36.1. The van der Waals surface area contributed by atoms with Gasteiger partial charge in [0.05, 0.1) is 43.2 Å². The molecule has 148 heavy (non-hydrogen) atoms. The molecule has 8 N–H and O–H groups in total. The van der Waals surface area contributed by atoms with E-state index >= 15 is 8.78 Å². The van der Waals surface area contributed by atoms with Crippen LogP contribution in [0, 0.1) is 39.3 Å². The summed E-state index contributed by atoms with van der Waals surface area (Å²) >= 11 is 16.0. The molecule has 0 spiro atoms. The molecule has 16 rings (SSSR count). The first kappa shape index (κ1) is 112. The minimum atomic E-state index is -4.59. The highest BCUT2D eigenvalue weighted by atomic mass is 35.5. The number of halogens is 4. The Bertz CT molecular complexity index is 7220. The zero-order valence-electron chi connectivity index (χ0n) is 84.2. The van der Waals surface area contributed by atoms with Gasteiger partial charge in [-0.2, -0.15) is 0 Å². The number of ether oxygens (including phenoxy) is 1. The van der Waals surface area contributed by atoms with Crippen molar-refractivity contribution < 1.29 is 84.9 Å². The van der Waals surface area contributed by atoms with Crippen LogP contribution < -0.4 is 39.7 Å². The van der Waals surface area contributed by atoms with Gasteiger partial charge < -0.3 is 73.5 Å². The van der Waals surface area contributed by atoms with Crippen molar-refractivity contribution in [3.8, 4) is 44.8 Å². The Morgan fingerprint density at radius 3 is 1.10 bits per heavy atom. The summed E-state index contributed by atoms with van der Waals surface area (Å²) in [7, 11) is -24.5. The Kier molecular flexibility index (Phi) is 37.1. The van der Waals surface area contributed by atoms with E-state index in [4.69, 9.17) is 42.2 Å². The Labute approximate surface area is 885 Å². The number of likely N-dealkylation sites (tertiary alicyclic amines) is 2. The van der Waals surface area contributed by atoms with E-state index in [0.717, 1.165) is 118 Å². The summed E-state index contributed by atoms with van der Waals surface area (Å²) in [5.74, 6) is 0.583. The molecule has 6 heterocycles. The number of sulfonamides is 2. The Hall–Kier alpha value is -9.80. The number of rotatable bonds is 40. The molecule has 10 aromatic carbocycles. The van der Waals surface area contributed by atoms with E-state index in [9.17, 15) is 52.6 Å². The number of anilines is 8. The van der Waals surface area contributed by atoms with Gasteiger partial charge in [0.25, 0.3) is 20.0 Å². The number of aromatic nitrogens is 2. The first-order valence-corrected chi connectivity index (χ1v) is 61.7. The number of benzene rings is 10. The molecule has 41 heteroatoms. The van der Waals surface area contributed by atoms with E-state index in [1.165, 1.54) is 36.8 Å². The third kappa shape index (κ3) is 29.6. The SMILES string of the molecule is Cc1cc(S(=O)(=O)Nc2ccc(N3CCN(c4cc(F)cc(-c5c(S(C)(=O)=O)c(C)n(C(C)C)c5-c5ccc(Cl)cc5)c4)CC3)cc2)ccc1N[C@H](CCN1CCC(OCOP(=O)(O)O)CC1)CSc1ccccc1.Cc1cc(S(=O)(=O)Nc2ccc(N3CCN(c4cc(F)cc(-c5c(S(C)(=O)=O)c(C)n(C(C)C)c5-c5ccc(Cl)cc5)c4)CC3)cc2)ccc1N[C@H](CCN1CCC(OP(=O)(O)O)CC1)CSc1ccccc1. The minimum absolute atomic E-state index is 0.0363. The molecule has 2 atom stereocenters. The highest BCUT2D eigenvalue weighted by Crippen LogP contribution is 2.49. The Balaban J connectivity index is 0.000000222. The number of phosphoric acid groups is 2. The lowest BCUT2D eigenvalue weighted by Gasteiger charge is -2.37. The fourth-order valence-corrected chi connectivity index (χ4v) is 27.6. The van der Waals surface area contributed by atoms with Gasteiger partial charge in [0, 0.05) is 228 Å². The summed E-state index contributed by atoms with van der Waals surface area (Å²) in [6, 6.07) is 68.8. The summed E-state index contributed by atoms with van der Waals surface area (Å²) in [5.41, 5.74) is 13.0. The number of hydrogen-bond donors (Lipinski definition) is 8. The second-order valence-electron chi connectivity index (χ2n) is 38.5. The van der Waals surface area contributed by atoms with Gasteiger partial charge in [-0.3, -0.25) is 18.5 Å². The molecule has 4 aliphatic heterocycles. The van der Waals surface area contributed by atoms with Crippen LogP contribution in [0.3, 0.4) is 0 Å². The van der Waals surface area contributed by atoms with Crippen molar-refractivity contribution in [1.82, 2.24) is 18.9 Å². The fraction of sp³-hybridized carbons (Fsp3) is 0.364. The molecule has 29 nitrogen and oxygen atoms in total. The van der Waals surface area contributed by atoms with E-state index in [0.29, 0.717) is 156 Å². The lowest BCUT2D eigenvalue weighted by molar-refractivity contribution is -0.0677. The van der Waals surface area contributed by atoms with E-state index in [1.807, 2.05) is 154 Å². The van der Waals surface area contributed by atoms with Crippen molar-refractivity contribution in [2.45, 2.75) is 160 Å². The predicted octanol–water partition coefficient (Wildman–Crippen LogP) is 21.7. The molecule has 12 aromatic rings. The number of piperazine rings is 2. The van der Waals surface area contributed by atoms with Crippen LogP contribution in [0.5, 0.6) is 0 Å². The standard InChI is InChI=1S/C54H65ClFN6O9PS3.C53H63ClFN6O8PS3/c1-37(2)62-39(4)54(74(5,66)67)52(53(62)40-11-13-42(55)14-12-40)41-32-43(56)34-47(33-41)61-29-27-60(28-30-61)46-17-15-44(16-18-46)58-75(68,69)50-19-20-51(38(3)31-50)57-45(35-73-49-9-7-6-8-10-49)21-24-59-25-22-48(23-26-59)70-36-71-72(63,64)65;1-36(2)61-38(4)53(72(5,65)66)51(52(61)39-11-13-41(54)14-12-39)40-32-42(55)34-46(33-40)60-29-27-59(28-30-60)45-17-15-43(16-18-45)57-73(67,68)49-19-20-50(37(3)31-49)56-44(35-71-48-9-7-6-8-10-48)21-24-58-25-22-47(23-26-58)69-70(62,63)64/h6-20,31-34,37,45,48,57-58H,21-30,35-36H2,1-5H3,(H2,63,64,65);6-20,31-34,36,44,47,56-57H,21-30,35H2,1-5H3,(H2,62,63,64)/t45-;44-/m11/s1. The predicted molar refractivity (Wildman–Crippen MR) is 592 cm³/mol. The van der Waals surface area contributed by atoms with Crippen LogP contribution in [0.4, 0.5) is 54.3 Å². The van der Waals surface area contributed by atoms with Crippen molar-refractivity contribution in [3.05, 3.63) is 275 Å². The summed E-state index contributed by atoms with van der Waals surface area (Å²) in [6.07, 6.45) is 5.91. The van der Waals surface area contributed by atoms with Crippen LogP contribution in [-0.2, 0) is 62.6 Å². The Morgan fingerprint density at radius 2 is 0.770 bits per heavy atom. The molecule has 4 saturated heterocycles. The molecule has 792 valence electrons.